The van der Waals surface area contributed by atoms with Crippen molar-refractivity contribution < 1.29 is 14.5 Å². The maximum absolute atomic E-state index is 10.8. The number of aromatic nitrogens is 2. The van der Waals surface area contributed by atoms with E-state index in [9.17, 15) is 4.79 Å². The van der Waals surface area contributed by atoms with Crippen molar-refractivity contribution in [3.05, 3.63) is 30.5 Å². The molecule has 7 heteroatoms. The van der Waals surface area contributed by atoms with Crippen molar-refractivity contribution in [2.45, 2.75) is 6.04 Å². The van der Waals surface area contributed by atoms with Crippen molar-refractivity contribution in [3.8, 4) is 0 Å². The van der Waals surface area contributed by atoms with Gasteiger partial charge in [0.05, 0.1) is 0 Å². The van der Waals surface area contributed by atoms with Gasteiger partial charge in [-0.05, 0) is 6.20 Å². The van der Waals surface area contributed by atoms with E-state index in [4.69, 9.17) is 5.11 Å². The van der Waals surface area contributed by atoms with E-state index >= 15 is 0 Å². The van der Waals surface area contributed by atoms with E-state index in [0.29, 0.717) is 10.8 Å². The molecular formula is C11H8N3O2S2-. The summed E-state index contributed by atoms with van der Waals surface area (Å²) < 4.78 is 2.56. The summed E-state index contributed by atoms with van der Waals surface area (Å²) in [6, 6.07) is 1.17. The lowest BCUT2D eigenvalue weighted by molar-refractivity contribution is -0.615. The molecule has 1 unspecified atom stereocenters. The molecule has 0 aromatic carbocycles. The number of aliphatic imine (C=N–C) groups is 1. The van der Waals surface area contributed by atoms with Crippen LogP contribution in [0.5, 0.6) is 0 Å². The van der Waals surface area contributed by atoms with Crippen molar-refractivity contribution in [2.75, 3.05) is 5.75 Å². The van der Waals surface area contributed by atoms with Gasteiger partial charge in [0, 0.05) is 16.0 Å². The molecule has 0 radical (unpaired) electrons. The molecule has 1 atom stereocenters. The molecule has 2 aromatic heterocycles. The molecular weight excluding hydrogens is 270 g/mol. The van der Waals surface area contributed by atoms with Gasteiger partial charge in [0.2, 0.25) is 0 Å². The number of thioether (sulfide) groups is 1. The van der Waals surface area contributed by atoms with Gasteiger partial charge in [-0.2, -0.15) is 0 Å². The largest absolute Gasteiger partial charge is 0.504 e. The molecule has 3 heterocycles. The van der Waals surface area contributed by atoms with Gasteiger partial charge in [-0.3, -0.25) is 9.98 Å². The fourth-order valence-corrected chi connectivity index (χ4v) is 3.59. The summed E-state index contributed by atoms with van der Waals surface area (Å²) in [5, 5.41) is 10.4. The molecule has 3 rings (SSSR count). The Labute approximate surface area is 111 Å². The number of hydrogen-bond acceptors (Lipinski definition) is 5. The smallest absolute Gasteiger partial charge is 0.329 e. The molecule has 0 bridgehead atoms. The van der Waals surface area contributed by atoms with Crippen LogP contribution in [0.2, 0.25) is 0 Å². The topological polar surface area (TPSA) is 66.4 Å². The Morgan fingerprint density at radius 3 is 3.22 bits per heavy atom. The SMILES string of the molecule is [CH2-][n+]1[c-]cc2sc(C3=NC(C(=O)O)CS3)nc2c1. The van der Waals surface area contributed by atoms with Crippen LogP contribution in [0.1, 0.15) is 5.01 Å². The van der Waals surface area contributed by atoms with Gasteiger partial charge in [0.1, 0.15) is 10.1 Å². The lowest BCUT2D eigenvalue weighted by Crippen LogP contribution is -2.23. The number of thiazole rings is 1. The van der Waals surface area contributed by atoms with E-state index in [0.717, 1.165) is 15.2 Å². The monoisotopic (exact) mass is 278 g/mol. The zero-order valence-electron chi connectivity index (χ0n) is 9.16. The van der Waals surface area contributed by atoms with Gasteiger partial charge < -0.3 is 9.67 Å². The number of aliphatic carboxylic acids is 1. The first kappa shape index (κ1) is 11.5. The highest BCUT2D eigenvalue weighted by Crippen LogP contribution is 2.28. The standard InChI is InChI=1S/C11H8N3O2S2/c1-14-3-2-8-6(4-14)12-10(18-8)9-13-7(5-17-9)11(15)16/h2,4,7H,1,5H2,(H,15,16)/q-1. The molecule has 0 aliphatic carbocycles. The number of carboxylic acid groups (broad SMARTS) is 1. The fraction of sp³-hybridized carbons (Fsp3) is 0.182. The molecule has 0 fully saturated rings. The summed E-state index contributed by atoms with van der Waals surface area (Å²) in [5.41, 5.74) is 0.825. The predicted molar refractivity (Wildman–Crippen MR) is 69.8 cm³/mol. The third kappa shape index (κ3) is 1.95. The van der Waals surface area contributed by atoms with E-state index in [2.05, 4.69) is 23.2 Å². The van der Waals surface area contributed by atoms with Gasteiger partial charge in [-0.25, -0.2) is 4.79 Å². The van der Waals surface area contributed by atoms with Crippen LogP contribution in [-0.2, 0) is 4.79 Å². The molecule has 18 heavy (non-hydrogen) atoms. The first-order chi connectivity index (χ1) is 8.63. The zero-order chi connectivity index (χ0) is 12.7. The van der Waals surface area contributed by atoms with E-state index in [-0.39, 0.29) is 0 Å². The van der Waals surface area contributed by atoms with Crippen molar-refractivity contribution in [1.82, 2.24) is 4.98 Å². The van der Waals surface area contributed by atoms with Crippen LogP contribution >= 0.6 is 23.1 Å². The van der Waals surface area contributed by atoms with Crippen LogP contribution in [0, 0.1) is 13.2 Å². The molecule has 92 valence electrons. The Kier molecular flexibility index (Phi) is 2.71. The van der Waals surface area contributed by atoms with Gasteiger partial charge in [0.15, 0.2) is 6.04 Å². The average Bonchev–Trinajstić information content (AvgIpc) is 2.93. The number of nitrogens with zero attached hydrogens (tertiary/aromatic N) is 3. The number of carboxylic acids is 1. The Morgan fingerprint density at radius 1 is 1.67 bits per heavy atom. The van der Waals surface area contributed by atoms with Crippen molar-refractivity contribution >= 4 is 44.3 Å². The van der Waals surface area contributed by atoms with Gasteiger partial charge >= 0.3 is 5.97 Å². The minimum absolute atomic E-state index is 0.474. The average molecular weight is 278 g/mol. The normalized spacial score (nSPS) is 19.1. The molecule has 1 N–H and O–H groups in total. The summed E-state index contributed by atoms with van der Waals surface area (Å²) in [6.07, 6.45) is 4.72. The molecule has 5 nitrogen and oxygen atoms in total. The van der Waals surface area contributed by atoms with Crippen molar-refractivity contribution in [3.63, 3.8) is 0 Å². The minimum Gasteiger partial charge on any atom is -0.504 e. The Morgan fingerprint density at radius 2 is 2.50 bits per heavy atom. The number of rotatable bonds is 2. The number of fused-ring (bicyclic) bond motifs is 1. The predicted octanol–water partition coefficient (Wildman–Crippen LogP) is 0.970. The van der Waals surface area contributed by atoms with Crippen molar-refractivity contribution in [1.29, 1.82) is 0 Å². The van der Waals surface area contributed by atoms with Crippen LogP contribution in [0.15, 0.2) is 17.3 Å². The van der Waals surface area contributed by atoms with Crippen LogP contribution < -0.4 is 4.57 Å². The summed E-state index contributed by atoms with van der Waals surface area (Å²) in [5.74, 6) is -0.412. The molecule has 0 spiro atoms. The minimum atomic E-state index is -0.887. The second-order valence-electron chi connectivity index (χ2n) is 3.74. The maximum Gasteiger partial charge on any atom is 0.329 e. The highest BCUT2D eigenvalue weighted by Gasteiger charge is 2.26. The lowest BCUT2D eigenvalue weighted by atomic mass is 10.4. The summed E-state index contributed by atoms with van der Waals surface area (Å²) in [4.78, 5) is 19.5. The fourth-order valence-electron chi connectivity index (χ4n) is 1.57. The molecule has 0 amide bonds. The van der Waals surface area contributed by atoms with E-state index in [1.54, 1.807) is 10.8 Å². The first-order valence-electron chi connectivity index (χ1n) is 5.12. The summed E-state index contributed by atoms with van der Waals surface area (Å²) in [6.45, 7) is 0. The van der Waals surface area contributed by atoms with E-state index in [1.165, 1.54) is 23.1 Å². The second kappa shape index (κ2) is 4.25. The number of hydrogen-bond donors (Lipinski definition) is 1. The van der Waals surface area contributed by atoms with Gasteiger partial charge in [-0.1, -0.05) is 13.2 Å². The molecule has 1 aliphatic heterocycles. The van der Waals surface area contributed by atoms with E-state index in [1.807, 2.05) is 6.07 Å². The summed E-state index contributed by atoms with van der Waals surface area (Å²) in [7, 11) is 3.73. The van der Waals surface area contributed by atoms with E-state index < -0.39 is 12.0 Å². The second-order valence-corrected chi connectivity index (χ2v) is 5.78. The highest BCUT2D eigenvalue weighted by atomic mass is 32.2. The molecule has 1 aliphatic rings. The molecule has 0 saturated heterocycles. The highest BCUT2D eigenvalue weighted by molar-refractivity contribution is 8.15. The molecule has 0 saturated carbocycles. The van der Waals surface area contributed by atoms with Crippen LogP contribution in [0.3, 0.4) is 0 Å². The van der Waals surface area contributed by atoms with Crippen LogP contribution in [-0.4, -0.2) is 32.9 Å². The van der Waals surface area contributed by atoms with Gasteiger partial charge in [-0.15, -0.1) is 29.2 Å². The Bertz CT molecular complexity index is 665. The quantitative estimate of drug-likeness (QED) is 0.656. The van der Waals surface area contributed by atoms with Crippen molar-refractivity contribution in [2.24, 2.45) is 4.99 Å². The maximum atomic E-state index is 10.8. The molecule has 2 aromatic rings. The Balaban J connectivity index is 2.00. The van der Waals surface area contributed by atoms with Crippen LogP contribution in [0.4, 0.5) is 0 Å². The number of carbonyl (C=O) groups is 1. The van der Waals surface area contributed by atoms with Crippen LogP contribution in [0.25, 0.3) is 10.2 Å². The first-order valence-corrected chi connectivity index (χ1v) is 6.92. The Hall–Kier alpha value is -1.60. The zero-order valence-corrected chi connectivity index (χ0v) is 10.8. The lowest BCUT2D eigenvalue weighted by Gasteiger charge is -2.02. The summed E-state index contributed by atoms with van der Waals surface area (Å²) >= 11 is 2.92. The van der Waals surface area contributed by atoms with Gasteiger partial charge in [0.25, 0.3) is 0 Å². The number of pyridine rings is 1. The third-order valence-electron chi connectivity index (χ3n) is 2.44. The third-order valence-corrected chi connectivity index (χ3v) is 4.65.